The summed E-state index contributed by atoms with van der Waals surface area (Å²) in [5.74, 6) is 3.37. The number of furan rings is 1. The van der Waals surface area contributed by atoms with Crippen LogP contribution in [0, 0.1) is 0 Å². The maximum Gasteiger partial charge on any atom is 0.249 e. The van der Waals surface area contributed by atoms with E-state index >= 15 is 0 Å². The van der Waals surface area contributed by atoms with Crippen LogP contribution in [0.2, 0.25) is 5.02 Å². The van der Waals surface area contributed by atoms with Gasteiger partial charge in [-0.2, -0.15) is 0 Å². The molecule has 3 rings (SSSR count). The van der Waals surface area contributed by atoms with Gasteiger partial charge in [-0.1, -0.05) is 23.7 Å². The predicted octanol–water partition coefficient (Wildman–Crippen LogP) is 4.42. The Morgan fingerprint density at radius 3 is 2.75 bits per heavy atom. The first kappa shape index (κ1) is 13.3. The Morgan fingerprint density at radius 2 is 1.95 bits per heavy atom. The van der Waals surface area contributed by atoms with Crippen LogP contribution in [0.1, 0.15) is 11.7 Å². The summed E-state index contributed by atoms with van der Waals surface area (Å²) in [5.41, 5.74) is 0.754. The van der Waals surface area contributed by atoms with E-state index < -0.39 is 0 Å². The Hall–Kier alpha value is -1.72. The van der Waals surface area contributed by atoms with Crippen LogP contribution < -0.4 is 0 Å². The topological polar surface area (TPSA) is 52.1 Å². The second kappa shape index (κ2) is 6.15. The number of halogens is 1. The first-order chi connectivity index (χ1) is 9.83. The predicted molar refractivity (Wildman–Crippen MR) is 78.5 cm³/mol. The molecule has 3 aromatic rings. The maximum atomic E-state index is 6.09. The van der Waals surface area contributed by atoms with Crippen molar-refractivity contribution in [3.63, 3.8) is 0 Å². The number of hydrogen-bond donors (Lipinski definition) is 0. The van der Waals surface area contributed by atoms with Gasteiger partial charge < -0.3 is 8.83 Å². The van der Waals surface area contributed by atoms with Crippen LogP contribution >= 0.6 is 23.4 Å². The smallest absolute Gasteiger partial charge is 0.249 e. The Morgan fingerprint density at radius 1 is 1.05 bits per heavy atom. The zero-order valence-electron chi connectivity index (χ0n) is 10.5. The van der Waals surface area contributed by atoms with Gasteiger partial charge in [-0.15, -0.1) is 22.0 Å². The highest BCUT2D eigenvalue weighted by Crippen LogP contribution is 2.27. The fourth-order valence-corrected chi connectivity index (χ4v) is 2.66. The summed E-state index contributed by atoms with van der Waals surface area (Å²) in [4.78, 5) is 0. The maximum absolute atomic E-state index is 6.09. The molecule has 4 nitrogen and oxygen atoms in total. The average Bonchev–Trinajstić information content (AvgIpc) is 3.11. The molecule has 0 radical (unpaired) electrons. The molecule has 2 aromatic heterocycles. The van der Waals surface area contributed by atoms with Crippen molar-refractivity contribution >= 4 is 23.4 Å². The summed E-state index contributed by atoms with van der Waals surface area (Å²) in [7, 11) is 0. The standard InChI is InChI=1S/C14H11ClN2O2S/c15-12-6-2-1-5-11(12)14-17-16-13(19-14)9-20-8-10-4-3-7-18-10/h1-7H,8-9H2. The third kappa shape index (κ3) is 3.05. The van der Waals surface area contributed by atoms with Crippen molar-refractivity contribution in [2.45, 2.75) is 11.5 Å². The lowest BCUT2D eigenvalue weighted by Gasteiger charge is -1.97. The first-order valence-electron chi connectivity index (χ1n) is 6.00. The molecule has 0 fully saturated rings. The first-order valence-corrected chi connectivity index (χ1v) is 7.53. The molecule has 0 bridgehead atoms. The normalized spacial score (nSPS) is 10.8. The van der Waals surface area contributed by atoms with Gasteiger partial charge in [-0.05, 0) is 24.3 Å². The second-order valence-corrected chi connectivity index (χ2v) is 5.45. The summed E-state index contributed by atoms with van der Waals surface area (Å²) in [6, 6.07) is 11.2. The molecular weight excluding hydrogens is 296 g/mol. The highest BCUT2D eigenvalue weighted by atomic mass is 35.5. The van der Waals surface area contributed by atoms with Crippen LogP contribution in [0.25, 0.3) is 11.5 Å². The molecule has 0 aliphatic heterocycles. The van der Waals surface area contributed by atoms with E-state index in [-0.39, 0.29) is 0 Å². The molecule has 0 aliphatic rings. The zero-order chi connectivity index (χ0) is 13.8. The van der Waals surface area contributed by atoms with Gasteiger partial charge in [0.1, 0.15) is 5.76 Å². The Balaban J connectivity index is 1.64. The van der Waals surface area contributed by atoms with Crippen molar-refractivity contribution in [3.05, 3.63) is 59.3 Å². The molecule has 1 aromatic carbocycles. The van der Waals surface area contributed by atoms with Crippen LogP contribution in [0.5, 0.6) is 0 Å². The molecule has 0 saturated heterocycles. The van der Waals surface area contributed by atoms with Crippen LogP contribution in [0.15, 0.2) is 51.5 Å². The third-order valence-corrected chi connectivity index (χ3v) is 3.89. The molecule has 102 valence electrons. The molecule has 0 atom stereocenters. The fraction of sp³-hybridized carbons (Fsp3) is 0.143. The SMILES string of the molecule is Clc1ccccc1-c1nnc(CSCc2ccco2)o1. The highest BCUT2D eigenvalue weighted by Gasteiger charge is 2.11. The Bertz CT molecular complexity index is 682. The van der Waals surface area contributed by atoms with E-state index in [9.17, 15) is 0 Å². The number of nitrogens with zero attached hydrogens (tertiary/aromatic N) is 2. The van der Waals surface area contributed by atoms with Gasteiger partial charge >= 0.3 is 0 Å². The fourth-order valence-electron chi connectivity index (χ4n) is 1.69. The molecule has 0 amide bonds. The summed E-state index contributed by atoms with van der Waals surface area (Å²) >= 11 is 7.75. The quantitative estimate of drug-likeness (QED) is 0.698. The zero-order valence-corrected chi connectivity index (χ0v) is 12.0. The molecule has 20 heavy (non-hydrogen) atoms. The van der Waals surface area contributed by atoms with Crippen molar-refractivity contribution in [2.75, 3.05) is 0 Å². The summed E-state index contributed by atoms with van der Waals surface area (Å²) in [6.07, 6.45) is 1.66. The van der Waals surface area contributed by atoms with Gasteiger partial charge in [0, 0.05) is 0 Å². The minimum Gasteiger partial charge on any atom is -0.468 e. The lowest BCUT2D eigenvalue weighted by atomic mass is 10.2. The third-order valence-electron chi connectivity index (χ3n) is 2.62. The molecule has 0 unspecified atom stereocenters. The largest absolute Gasteiger partial charge is 0.468 e. The molecule has 0 spiro atoms. The van der Waals surface area contributed by atoms with Crippen molar-refractivity contribution in [3.8, 4) is 11.5 Å². The van der Waals surface area contributed by atoms with E-state index in [1.807, 2.05) is 30.3 Å². The molecule has 0 saturated carbocycles. The monoisotopic (exact) mass is 306 g/mol. The van der Waals surface area contributed by atoms with E-state index in [1.165, 1.54) is 0 Å². The number of hydrogen-bond acceptors (Lipinski definition) is 5. The Labute approximate surface area is 125 Å². The second-order valence-electron chi connectivity index (χ2n) is 4.05. The highest BCUT2D eigenvalue weighted by molar-refractivity contribution is 7.97. The Kier molecular flexibility index (Phi) is 4.08. The number of benzene rings is 1. The summed E-state index contributed by atoms with van der Waals surface area (Å²) < 4.78 is 10.9. The van der Waals surface area contributed by atoms with E-state index in [1.54, 1.807) is 24.1 Å². The van der Waals surface area contributed by atoms with Gasteiger partial charge in [-0.3, -0.25) is 0 Å². The van der Waals surface area contributed by atoms with Crippen molar-refractivity contribution in [1.82, 2.24) is 10.2 Å². The number of rotatable bonds is 5. The van der Waals surface area contributed by atoms with Crippen LogP contribution in [-0.2, 0) is 11.5 Å². The van der Waals surface area contributed by atoms with Gasteiger partial charge in [0.25, 0.3) is 0 Å². The van der Waals surface area contributed by atoms with Gasteiger partial charge in [-0.25, -0.2) is 0 Å². The lowest BCUT2D eigenvalue weighted by Crippen LogP contribution is -1.81. The van der Waals surface area contributed by atoms with E-state index in [4.69, 9.17) is 20.4 Å². The van der Waals surface area contributed by atoms with Gasteiger partial charge in [0.05, 0.1) is 28.4 Å². The average molecular weight is 307 g/mol. The minimum absolute atomic E-state index is 0.448. The summed E-state index contributed by atoms with van der Waals surface area (Å²) in [5, 5.41) is 8.65. The van der Waals surface area contributed by atoms with E-state index in [0.717, 1.165) is 17.1 Å². The molecule has 0 N–H and O–H groups in total. The number of thioether (sulfide) groups is 1. The lowest BCUT2D eigenvalue weighted by molar-refractivity contribution is 0.525. The van der Waals surface area contributed by atoms with Crippen molar-refractivity contribution in [2.24, 2.45) is 0 Å². The van der Waals surface area contributed by atoms with E-state index in [0.29, 0.717) is 22.6 Å². The molecular formula is C14H11ClN2O2S. The van der Waals surface area contributed by atoms with Crippen LogP contribution in [-0.4, -0.2) is 10.2 Å². The van der Waals surface area contributed by atoms with Gasteiger partial charge in [0.2, 0.25) is 11.8 Å². The molecule has 2 heterocycles. The van der Waals surface area contributed by atoms with Crippen LogP contribution in [0.3, 0.4) is 0 Å². The van der Waals surface area contributed by atoms with Gasteiger partial charge in [0.15, 0.2) is 0 Å². The number of aromatic nitrogens is 2. The minimum atomic E-state index is 0.448. The van der Waals surface area contributed by atoms with Crippen molar-refractivity contribution < 1.29 is 8.83 Å². The summed E-state index contributed by atoms with van der Waals surface area (Å²) in [6.45, 7) is 0. The molecule has 0 aliphatic carbocycles. The van der Waals surface area contributed by atoms with Crippen molar-refractivity contribution in [1.29, 1.82) is 0 Å². The molecule has 6 heteroatoms. The van der Waals surface area contributed by atoms with Crippen LogP contribution in [0.4, 0.5) is 0 Å². The van der Waals surface area contributed by atoms with E-state index in [2.05, 4.69) is 10.2 Å².